The summed E-state index contributed by atoms with van der Waals surface area (Å²) in [6.45, 7) is 0.800. The molecule has 3 aromatic heterocycles. The Morgan fingerprint density at radius 1 is 0.838 bits per heavy atom. The fourth-order valence-corrected chi connectivity index (χ4v) is 10.9. The van der Waals surface area contributed by atoms with Gasteiger partial charge in [0.2, 0.25) is 5.88 Å². The number of pyridine rings is 1. The molecule has 0 aliphatic carbocycles. The molecule has 3 heterocycles. The average molecular weight is 1160 g/mol. The van der Waals surface area contributed by atoms with Crippen molar-refractivity contribution in [3.8, 4) is 17.7 Å². The molecule has 38 heteroatoms. The number of azo groups is 3. The topological polar surface area (TPSA) is 463 Å². The molecule has 9 N–H and O–H groups in total. The van der Waals surface area contributed by atoms with Crippen molar-refractivity contribution in [2.45, 2.75) is 25.9 Å². The van der Waals surface area contributed by atoms with Gasteiger partial charge in [0.15, 0.2) is 21.4 Å². The van der Waals surface area contributed by atoms with Crippen molar-refractivity contribution in [2.75, 3.05) is 29.1 Å². The molecule has 0 spiro atoms. The smallest absolute Gasteiger partial charge is 0.319 e. The molecule has 0 saturated heterocycles. The highest BCUT2D eigenvalue weighted by atomic mass is 32.2. The predicted molar refractivity (Wildman–Crippen MR) is 260 cm³/mol. The van der Waals surface area contributed by atoms with E-state index in [1.165, 1.54) is 23.1 Å². The van der Waals surface area contributed by atoms with Gasteiger partial charge in [0.1, 0.15) is 44.2 Å². The second kappa shape index (κ2) is 23.3. The van der Waals surface area contributed by atoms with Crippen molar-refractivity contribution in [3.05, 3.63) is 65.7 Å². The lowest BCUT2D eigenvalue weighted by atomic mass is 10.1. The minimum Gasteiger partial charge on any atom is -0.505 e. The largest absolute Gasteiger partial charge is 0.505 e. The van der Waals surface area contributed by atoms with E-state index in [1.54, 1.807) is 24.3 Å². The molecule has 0 radical (unpaired) electrons. The molecule has 0 unspecified atom stereocenters. The van der Waals surface area contributed by atoms with Gasteiger partial charge in [0.25, 0.3) is 35.5 Å². The molecule has 0 atom stereocenters. The van der Waals surface area contributed by atoms with Crippen LogP contribution in [-0.4, -0.2) is 109 Å². The van der Waals surface area contributed by atoms with Crippen LogP contribution in [0.4, 0.5) is 44.1 Å². The molecule has 7 aromatic rings. The zero-order valence-electron chi connectivity index (χ0n) is 36.4. The Hall–Kier alpha value is -6.65. The normalized spacial score (nSPS) is 12.6. The molecule has 74 heavy (non-hydrogen) atoms. The van der Waals surface area contributed by atoms with Crippen LogP contribution in [0.25, 0.3) is 27.5 Å². The number of phenols is 1. The SMILES string of the molecule is Cc1c(N=Nc2ccc3c(O)c(N=Nc4cc(NC(=O)NCCS(=O)(=O)O)c(N=Nc5nnc(SCCSOOO)s5)cc4S(=O)(=O)O)c(SOOO)cc3c2S(=O)(=O)O)c(O)n2c(nc3ccccc32)c1C#N. The molecule has 0 fully saturated rings. The maximum Gasteiger partial charge on any atom is 0.319 e. The van der Waals surface area contributed by atoms with Gasteiger partial charge in [-0.1, -0.05) is 45.3 Å². The zero-order chi connectivity index (χ0) is 53.5. The molecule has 0 aliphatic rings. The lowest BCUT2D eigenvalue weighted by Gasteiger charge is -2.13. The third-order valence-corrected chi connectivity index (χ3v) is 15.4. The lowest BCUT2D eigenvalue weighted by Crippen LogP contribution is -2.32. The van der Waals surface area contributed by atoms with Crippen LogP contribution in [-0.2, 0) is 49.1 Å². The first-order valence-corrected chi connectivity index (χ1v) is 27.5. The van der Waals surface area contributed by atoms with Crippen LogP contribution in [0.15, 0.2) is 104 Å². The number of thioether (sulfide) groups is 1. The predicted octanol–water partition coefficient (Wildman–Crippen LogP) is 8.42. The molecule has 0 bridgehead atoms. The number of carbonyl (C=O) groups is 1. The highest BCUT2D eigenvalue weighted by Crippen LogP contribution is 2.48. The minimum absolute atomic E-state index is 0.0119. The number of imidazole rings is 1. The molecular formula is C36H29N13O18S7. The number of para-hydroxylation sites is 2. The number of anilines is 1. The standard InChI is InChI=1S/C36H29N13O18S7/c1-16-19(15-37)32-39-20-4-2-3-5-25(20)49(32)33(51)28(16)44-41-21-7-6-17-18(31(21)74(61,62)63)12-26(71-67-65-54)29(30(17)50)45-43-24-13-22(40-34(52)38-8-11-72(55,56)57)23(14-27(24)73(58,59)60)42-46-35-47-48-36(70-35)68-9-10-69-66-64-53/h2-7,12-14,50-51,53-54H,8-11H2,1H3,(H2,38,40,52)(H,55,56,57)(H,58,59,60)(H,61,62,63). The van der Waals surface area contributed by atoms with Crippen LogP contribution in [0.3, 0.4) is 0 Å². The van der Waals surface area contributed by atoms with Crippen LogP contribution in [0.5, 0.6) is 11.6 Å². The summed E-state index contributed by atoms with van der Waals surface area (Å²) in [7, 11) is -15.2. The van der Waals surface area contributed by atoms with Crippen molar-refractivity contribution in [2.24, 2.45) is 30.7 Å². The Kier molecular flexibility index (Phi) is 17.3. The minimum atomic E-state index is -5.35. The number of amides is 2. The van der Waals surface area contributed by atoms with E-state index >= 15 is 0 Å². The fraction of sp³-hybridized carbons (Fsp3) is 0.139. The van der Waals surface area contributed by atoms with E-state index in [2.05, 4.69) is 75.2 Å². The van der Waals surface area contributed by atoms with Gasteiger partial charge in [-0.05, 0) is 49.4 Å². The van der Waals surface area contributed by atoms with Gasteiger partial charge in [0.05, 0.1) is 39.4 Å². The summed E-state index contributed by atoms with van der Waals surface area (Å²) in [5, 5.41) is 92.4. The Labute approximate surface area is 430 Å². The number of nitriles is 1. The van der Waals surface area contributed by atoms with Gasteiger partial charge >= 0.3 is 6.03 Å². The molecule has 0 aliphatic heterocycles. The third kappa shape index (κ3) is 12.8. The van der Waals surface area contributed by atoms with Gasteiger partial charge in [0, 0.05) is 46.4 Å². The number of nitrogens with one attached hydrogen (secondary N) is 2. The first-order chi connectivity index (χ1) is 35.1. The Bertz CT molecular complexity index is 3830. The second-order valence-electron chi connectivity index (χ2n) is 14.1. The van der Waals surface area contributed by atoms with Crippen molar-refractivity contribution in [3.63, 3.8) is 0 Å². The molecule has 31 nitrogen and oxygen atoms in total. The monoisotopic (exact) mass is 1150 g/mol. The summed E-state index contributed by atoms with van der Waals surface area (Å²) in [6, 6.07) is 11.9. The highest BCUT2D eigenvalue weighted by Gasteiger charge is 2.27. The number of rotatable bonds is 21. The molecule has 0 saturated carbocycles. The van der Waals surface area contributed by atoms with Crippen LogP contribution >= 0.6 is 47.2 Å². The summed E-state index contributed by atoms with van der Waals surface area (Å²) < 4.78 is 115. The van der Waals surface area contributed by atoms with E-state index in [0.717, 1.165) is 47.6 Å². The molecule has 7 rings (SSSR count). The number of fused-ring (bicyclic) bond motifs is 4. The van der Waals surface area contributed by atoms with Crippen molar-refractivity contribution < 1.29 is 83.2 Å². The van der Waals surface area contributed by atoms with Crippen LogP contribution in [0.2, 0.25) is 0 Å². The maximum atomic E-state index is 13.1. The van der Waals surface area contributed by atoms with Gasteiger partial charge in [-0.3, -0.25) is 18.1 Å². The maximum absolute atomic E-state index is 13.1. The summed E-state index contributed by atoms with van der Waals surface area (Å²) in [6.07, 6.45) is 0. The van der Waals surface area contributed by atoms with E-state index in [4.69, 9.17) is 15.1 Å². The number of carbonyl (C=O) groups excluding carboxylic acids is 1. The van der Waals surface area contributed by atoms with Gasteiger partial charge in [-0.2, -0.15) is 30.5 Å². The summed E-state index contributed by atoms with van der Waals surface area (Å²) in [5.41, 5.74) is -2.34. The molecule has 4 aromatic carbocycles. The third-order valence-electron chi connectivity index (χ3n) is 9.50. The van der Waals surface area contributed by atoms with E-state index < -0.39 is 114 Å². The van der Waals surface area contributed by atoms with E-state index in [-0.39, 0.29) is 39.6 Å². The molecule has 2 amide bonds. The Balaban J connectivity index is 1.32. The fourth-order valence-electron chi connectivity index (χ4n) is 6.47. The average Bonchev–Trinajstić information content (AvgIpc) is 3.96. The van der Waals surface area contributed by atoms with Crippen molar-refractivity contribution in [1.82, 2.24) is 24.9 Å². The number of aromatic nitrogens is 4. The lowest BCUT2D eigenvalue weighted by molar-refractivity contribution is -0.432. The summed E-state index contributed by atoms with van der Waals surface area (Å²) in [4.78, 5) is 14.8. The summed E-state index contributed by atoms with van der Waals surface area (Å²) >= 11 is 2.95. The number of nitrogens with zero attached hydrogens (tertiary/aromatic N) is 11. The van der Waals surface area contributed by atoms with Crippen molar-refractivity contribution in [1.29, 1.82) is 5.26 Å². The summed E-state index contributed by atoms with van der Waals surface area (Å²) in [5.74, 6) is -1.67. The Morgan fingerprint density at radius 2 is 1.55 bits per heavy atom. The number of aromatic hydroxyl groups is 2. The molecule has 388 valence electrons. The zero-order valence-corrected chi connectivity index (χ0v) is 42.1. The van der Waals surface area contributed by atoms with E-state index in [9.17, 15) is 54.6 Å². The number of hydrogen-bond donors (Lipinski definition) is 9. The van der Waals surface area contributed by atoms with Crippen LogP contribution in [0.1, 0.15) is 11.1 Å². The number of hydrogen-bond acceptors (Lipinski definition) is 29. The van der Waals surface area contributed by atoms with E-state index in [1.807, 2.05) is 6.07 Å². The Morgan fingerprint density at radius 3 is 2.26 bits per heavy atom. The first-order valence-electron chi connectivity index (χ1n) is 19.6. The first kappa shape index (κ1) is 55.1. The number of urea groups is 1. The molecular weight excluding hydrogens is 1130 g/mol. The van der Waals surface area contributed by atoms with Gasteiger partial charge in [-0.15, -0.1) is 49.6 Å². The highest BCUT2D eigenvalue weighted by molar-refractivity contribution is 8.02. The van der Waals surface area contributed by atoms with Crippen LogP contribution in [0, 0.1) is 18.3 Å². The number of benzene rings is 4. The van der Waals surface area contributed by atoms with Gasteiger partial charge < -0.3 is 20.8 Å². The second-order valence-corrected chi connectivity index (χ2v) is 22.2. The van der Waals surface area contributed by atoms with Gasteiger partial charge in [-0.25, -0.2) is 20.3 Å². The van der Waals surface area contributed by atoms with E-state index in [0.29, 0.717) is 32.9 Å². The van der Waals surface area contributed by atoms with Crippen LogP contribution < -0.4 is 10.6 Å². The quantitative estimate of drug-likeness (QED) is 0.00619. The number of phenolic OH excluding ortho intramolecular Hbond substituents is 1. The van der Waals surface area contributed by atoms with Crippen molar-refractivity contribution >= 4 is 150 Å².